The molecule has 7 nitrogen and oxygen atoms in total. The number of thiazole rings is 1. The number of anilines is 1. The summed E-state index contributed by atoms with van der Waals surface area (Å²) in [6, 6.07) is 25.3. The lowest BCUT2D eigenvalue weighted by molar-refractivity contribution is -0.118. The van der Waals surface area contributed by atoms with Gasteiger partial charge in [0.15, 0.2) is 6.61 Å². The van der Waals surface area contributed by atoms with Crippen molar-refractivity contribution in [3.63, 3.8) is 0 Å². The van der Waals surface area contributed by atoms with Crippen molar-refractivity contribution in [2.75, 3.05) is 18.5 Å². The second-order valence-electron chi connectivity index (χ2n) is 7.86. The average molecular weight is 480 g/mol. The van der Waals surface area contributed by atoms with E-state index in [4.69, 9.17) is 20.1 Å². The first-order chi connectivity index (χ1) is 17.2. The highest BCUT2D eigenvalue weighted by molar-refractivity contribution is 7.07. The Morgan fingerprint density at radius 3 is 2.74 bits per heavy atom. The van der Waals surface area contributed by atoms with Gasteiger partial charge < -0.3 is 10.1 Å². The van der Waals surface area contributed by atoms with Gasteiger partial charge in [-0.2, -0.15) is 10.4 Å². The van der Waals surface area contributed by atoms with Gasteiger partial charge in [-0.1, -0.05) is 42.5 Å². The van der Waals surface area contributed by atoms with Crippen LogP contribution in [0.1, 0.15) is 16.7 Å². The summed E-state index contributed by atoms with van der Waals surface area (Å²) in [5.41, 5.74) is 5.06. The lowest BCUT2D eigenvalue weighted by Crippen LogP contribution is -2.25. The zero-order chi connectivity index (χ0) is 24.0. The highest BCUT2D eigenvalue weighted by Crippen LogP contribution is 2.32. The van der Waals surface area contributed by atoms with Crippen LogP contribution in [-0.2, 0) is 11.2 Å². The van der Waals surface area contributed by atoms with Crippen LogP contribution in [0, 0.1) is 11.3 Å². The van der Waals surface area contributed by atoms with Crippen LogP contribution in [-0.4, -0.2) is 29.9 Å². The van der Waals surface area contributed by atoms with Crippen LogP contribution in [0.5, 0.6) is 5.75 Å². The molecule has 1 amide bonds. The summed E-state index contributed by atoms with van der Waals surface area (Å²) in [6.45, 7) is 0.647. The first kappa shape index (κ1) is 22.3. The molecule has 8 heteroatoms. The van der Waals surface area contributed by atoms with Gasteiger partial charge in [0, 0.05) is 17.5 Å². The number of nitriles is 1. The van der Waals surface area contributed by atoms with Gasteiger partial charge in [-0.05, 0) is 47.9 Å². The van der Waals surface area contributed by atoms with E-state index < -0.39 is 0 Å². The van der Waals surface area contributed by atoms with E-state index in [0.717, 1.165) is 28.0 Å². The zero-order valence-corrected chi connectivity index (χ0v) is 19.5. The van der Waals surface area contributed by atoms with Crippen molar-refractivity contribution in [1.29, 1.82) is 5.26 Å². The minimum atomic E-state index is -0.178. The monoisotopic (exact) mass is 479 g/mol. The van der Waals surface area contributed by atoms with Gasteiger partial charge in [-0.15, -0.1) is 11.3 Å². The van der Waals surface area contributed by atoms with Gasteiger partial charge in [0.05, 0.1) is 29.2 Å². The number of nitrogens with one attached hydrogen (secondary N) is 1. The van der Waals surface area contributed by atoms with Crippen LogP contribution in [0.2, 0.25) is 0 Å². The summed E-state index contributed by atoms with van der Waals surface area (Å²) in [4.78, 5) is 17.4. The summed E-state index contributed by atoms with van der Waals surface area (Å²) < 4.78 is 7.30. The Morgan fingerprint density at radius 1 is 1.11 bits per heavy atom. The zero-order valence-electron chi connectivity index (χ0n) is 18.7. The molecule has 4 aromatic rings. The van der Waals surface area contributed by atoms with Crippen LogP contribution < -0.4 is 14.9 Å². The van der Waals surface area contributed by atoms with Crippen LogP contribution >= 0.6 is 11.3 Å². The normalized spacial score (nSPS) is 13.2. The Bertz CT molecular complexity index is 1500. The smallest absolute Gasteiger partial charge is 0.262 e. The van der Waals surface area contributed by atoms with Gasteiger partial charge in [-0.25, -0.2) is 4.68 Å². The number of fused-ring (bicyclic) bond motifs is 1. The molecule has 0 saturated carbocycles. The minimum Gasteiger partial charge on any atom is -0.482 e. The van der Waals surface area contributed by atoms with Gasteiger partial charge >= 0.3 is 0 Å². The molecular weight excluding hydrogens is 458 g/mol. The van der Waals surface area contributed by atoms with Gasteiger partial charge in [0.1, 0.15) is 5.75 Å². The molecule has 1 N–H and O–H groups in total. The highest BCUT2D eigenvalue weighted by Gasteiger charge is 2.17. The number of hydrogen-bond donors (Lipinski definition) is 1. The Hall–Kier alpha value is -4.48. The van der Waals surface area contributed by atoms with Crippen LogP contribution in [0.3, 0.4) is 0 Å². The Morgan fingerprint density at radius 2 is 1.94 bits per heavy atom. The molecule has 0 fully saturated rings. The third kappa shape index (κ3) is 5.21. The summed E-state index contributed by atoms with van der Waals surface area (Å²) in [5.74, 6) is 0.465. The van der Waals surface area contributed by atoms with E-state index >= 15 is 0 Å². The third-order valence-corrected chi connectivity index (χ3v) is 6.30. The van der Waals surface area contributed by atoms with E-state index in [0.29, 0.717) is 23.5 Å². The summed E-state index contributed by atoms with van der Waals surface area (Å²) >= 11 is 1.51. The van der Waals surface area contributed by atoms with E-state index in [1.54, 1.807) is 23.0 Å². The molecule has 1 aromatic heterocycles. The number of ether oxygens (including phenoxy) is 1. The van der Waals surface area contributed by atoms with Crippen molar-refractivity contribution in [2.45, 2.75) is 6.42 Å². The van der Waals surface area contributed by atoms with Crippen LogP contribution in [0.25, 0.3) is 11.3 Å². The standard InChI is InChI=1S/C27H21N5O2S/c28-15-20-6-8-21(9-7-20)16-30-32-24(22-10-11-25-23(14-22)31-26(33)17-34-25)18-35-27(32)29-13-12-19-4-2-1-3-5-19/h1-11,14,16,18H,12-13,17H2,(H,31,33)/b29-27?,30-16-. The maximum absolute atomic E-state index is 11.8. The number of hydrogen-bond acceptors (Lipinski definition) is 6. The van der Waals surface area contributed by atoms with Crippen molar-refractivity contribution < 1.29 is 9.53 Å². The number of carbonyl (C=O) groups excluding carboxylic acids is 1. The lowest BCUT2D eigenvalue weighted by Gasteiger charge is -2.18. The molecule has 0 spiro atoms. The summed E-state index contributed by atoms with van der Waals surface area (Å²) in [6.07, 6.45) is 2.58. The molecule has 1 aliphatic heterocycles. The predicted octanol–water partition coefficient (Wildman–Crippen LogP) is 4.44. The number of amides is 1. The summed E-state index contributed by atoms with van der Waals surface area (Å²) in [5, 5.41) is 18.6. The Labute approximate surface area is 206 Å². The fourth-order valence-corrected chi connectivity index (χ4v) is 4.52. The molecule has 0 bridgehead atoms. The topological polar surface area (TPSA) is 91.8 Å². The second kappa shape index (κ2) is 10.2. The van der Waals surface area contributed by atoms with Crippen LogP contribution in [0.4, 0.5) is 5.69 Å². The first-order valence-electron chi connectivity index (χ1n) is 11.1. The van der Waals surface area contributed by atoms with E-state index in [-0.39, 0.29) is 12.5 Å². The van der Waals surface area contributed by atoms with Gasteiger partial charge in [0.25, 0.3) is 5.91 Å². The SMILES string of the molecule is N#Cc1ccc(/C=N\n2c(-c3ccc4c(c3)NC(=O)CO4)csc2=NCCc2ccccc2)cc1. The molecule has 0 unspecified atom stereocenters. The largest absolute Gasteiger partial charge is 0.482 e. The number of benzene rings is 3. The number of nitrogens with zero attached hydrogens (tertiary/aromatic N) is 4. The fourth-order valence-electron chi connectivity index (χ4n) is 3.65. The fraction of sp³-hybridized carbons (Fsp3) is 0.111. The molecule has 0 aliphatic carbocycles. The molecule has 3 aromatic carbocycles. The van der Waals surface area contributed by atoms with Crippen LogP contribution in [0.15, 0.2) is 88.3 Å². The van der Waals surface area contributed by atoms with E-state index in [2.05, 4.69) is 23.5 Å². The molecule has 5 rings (SSSR count). The molecule has 2 heterocycles. The molecular formula is C27H21N5O2S. The predicted molar refractivity (Wildman–Crippen MR) is 137 cm³/mol. The quantitative estimate of drug-likeness (QED) is 0.414. The van der Waals surface area contributed by atoms with Crippen molar-refractivity contribution in [2.24, 2.45) is 10.1 Å². The molecule has 0 radical (unpaired) electrons. The minimum absolute atomic E-state index is 0.0180. The van der Waals surface area contributed by atoms with E-state index in [9.17, 15) is 4.79 Å². The van der Waals surface area contributed by atoms with E-state index in [1.807, 2.05) is 53.9 Å². The van der Waals surface area contributed by atoms with Crippen molar-refractivity contribution in [1.82, 2.24) is 4.68 Å². The van der Waals surface area contributed by atoms with Gasteiger partial charge in [0.2, 0.25) is 4.80 Å². The number of aromatic nitrogens is 1. The first-order valence-corrected chi connectivity index (χ1v) is 11.9. The summed E-state index contributed by atoms with van der Waals surface area (Å²) in [7, 11) is 0. The van der Waals surface area contributed by atoms with Gasteiger partial charge in [-0.3, -0.25) is 9.79 Å². The Kier molecular flexibility index (Phi) is 6.50. The molecule has 0 atom stereocenters. The number of rotatable bonds is 6. The number of carbonyl (C=O) groups is 1. The molecule has 35 heavy (non-hydrogen) atoms. The second-order valence-corrected chi connectivity index (χ2v) is 8.70. The van der Waals surface area contributed by atoms with Crippen molar-refractivity contribution >= 4 is 29.1 Å². The lowest BCUT2D eigenvalue weighted by atomic mass is 10.1. The molecule has 172 valence electrons. The van der Waals surface area contributed by atoms with Crippen molar-refractivity contribution in [3.05, 3.63) is 99.7 Å². The maximum atomic E-state index is 11.8. The third-order valence-electron chi connectivity index (χ3n) is 5.45. The average Bonchev–Trinajstić information content (AvgIpc) is 3.30. The van der Waals surface area contributed by atoms with Crippen molar-refractivity contribution in [3.8, 4) is 23.1 Å². The Balaban J connectivity index is 1.50. The maximum Gasteiger partial charge on any atom is 0.262 e. The van der Waals surface area contributed by atoms with E-state index in [1.165, 1.54) is 16.9 Å². The molecule has 1 aliphatic rings. The molecule has 0 saturated heterocycles. The highest BCUT2D eigenvalue weighted by atomic mass is 32.1.